The fourth-order valence-electron chi connectivity index (χ4n) is 2.57. The number of amides is 2. The van der Waals surface area contributed by atoms with Gasteiger partial charge < -0.3 is 10.2 Å². The Morgan fingerprint density at radius 2 is 1.89 bits per heavy atom. The van der Waals surface area contributed by atoms with Crippen molar-refractivity contribution < 1.29 is 9.59 Å². The second-order valence-corrected chi connectivity index (χ2v) is 7.86. The van der Waals surface area contributed by atoms with Crippen molar-refractivity contribution in [1.29, 1.82) is 0 Å². The van der Waals surface area contributed by atoms with Gasteiger partial charge in [-0.25, -0.2) is 0 Å². The predicted molar refractivity (Wildman–Crippen MR) is 113 cm³/mol. The van der Waals surface area contributed by atoms with Crippen molar-refractivity contribution in [3.8, 4) is 0 Å². The number of benzene rings is 2. The third-order valence-corrected chi connectivity index (χ3v) is 5.69. The van der Waals surface area contributed by atoms with E-state index in [2.05, 4.69) is 5.32 Å². The Kier molecular flexibility index (Phi) is 8.48. The summed E-state index contributed by atoms with van der Waals surface area (Å²) >= 11 is 13.7. The molecule has 0 spiro atoms. The van der Waals surface area contributed by atoms with Crippen LogP contribution in [0.1, 0.15) is 18.1 Å². The molecule has 1 N–H and O–H groups in total. The van der Waals surface area contributed by atoms with E-state index in [1.54, 1.807) is 24.9 Å². The molecule has 2 amide bonds. The lowest BCUT2D eigenvalue weighted by molar-refractivity contribution is -0.138. The molecule has 2 aromatic rings. The van der Waals surface area contributed by atoms with E-state index in [1.165, 1.54) is 11.8 Å². The minimum absolute atomic E-state index is 0.113. The Balaban J connectivity index is 2.06. The SMILES string of the molecule is CNC(=O)C(C)N(Cc1ccccc1Cl)C(=O)CSCc1cccc(Cl)c1. The number of hydrogen-bond donors (Lipinski definition) is 1. The van der Waals surface area contributed by atoms with Gasteiger partial charge in [0.05, 0.1) is 5.75 Å². The lowest BCUT2D eigenvalue weighted by Gasteiger charge is -2.28. The molecule has 0 saturated carbocycles. The van der Waals surface area contributed by atoms with Crippen molar-refractivity contribution >= 4 is 46.8 Å². The van der Waals surface area contributed by atoms with Crippen molar-refractivity contribution in [1.82, 2.24) is 10.2 Å². The average molecular weight is 425 g/mol. The number of nitrogens with zero attached hydrogens (tertiary/aromatic N) is 1. The first-order valence-corrected chi connectivity index (χ1v) is 10.4. The number of rotatable bonds is 8. The van der Waals surface area contributed by atoms with E-state index in [0.29, 0.717) is 15.8 Å². The first-order valence-electron chi connectivity index (χ1n) is 8.49. The normalized spacial score (nSPS) is 11.7. The predicted octanol–water partition coefficient (Wildman–Crippen LogP) is 4.39. The van der Waals surface area contributed by atoms with Crippen LogP contribution in [-0.4, -0.2) is 35.6 Å². The summed E-state index contributed by atoms with van der Waals surface area (Å²) in [6, 6.07) is 14.3. The third-order valence-electron chi connectivity index (χ3n) is 4.10. The summed E-state index contributed by atoms with van der Waals surface area (Å²) in [6.45, 7) is 2.00. The summed E-state index contributed by atoms with van der Waals surface area (Å²) < 4.78 is 0. The highest BCUT2D eigenvalue weighted by Crippen LogP contribution is 2.21. The Morgan fingerprint density at radius 3 is 2.56 bits per heavy atom. The Labute approximate surface area is 174 Å². The maximum absolute atomic E-state index is 12.8. The van der Waals surface area contributed by atoms with Crippen LogP contribution in [0.3, 0.4) is 0 Å². The number of likely N-dealkylation sites (N-methyl/N-ethyl adjacent to an activating group) is 1. The molecule has 2 rings (SSSR count). The Bertz CT molecular complexity index is 801. The van der Waals surface area contributed by atoms with Gasteiger partial charge in [0, 0.05) is 29.4 Å². The summed E-state index contributed by atoms with van der Waals surface area (Å²) in [6.07, 6.45) is 0. The van der Waals surface area contributed by atoms with E-state index in [0.717, 1.165) is 11.1 Å². The molecular formula is C20H22Cl2N2O2S. The molecule has 2 aromatic carbocycles. The van der Waals surface area contributed by atoms with E-state index in [9.17, 15) is 9.59 Å². The molecular weight excluding hydrogens is 403 g/mol. The fraction of sp³-hybridized carbons (Fsp3) is 0.300. The summed E-state index contributed by atoms with van der Waals surface area (Å²) in [5, 5.41) is 3.85. The summed E-state index contributed by atoms with van der Waals surface area (Å²) in [4.78, 5) is 26.5. The lowest BCUT2D eigenvalue weighted by atomic mass is 10.1. The minimum Gasteiger partial charge on any atom is -0.357 e. The highest BCUT2D eigenvalue weighted by molar-refractivity contribution is 7.99. The zero-order chi connectivity index (χ0) is 19.8. The number of carbonyl (C=O) groups is 2. The van der Waals surface area contributed by atoms with E-state index >= 15 is 0 Å². The molecule has 0 fully saturated rings. The molecule has 4 nitrogen and oxygen atoms in total. The van der Waals surface area contributed by atoms with Gasteiger partial charge in [0.2, 0.25) is 11.8 Å². The van der Waals surface area contributed by atoms with Crippen LogP contribution in [0.5, 0.6) is 0 Å². The van der Waals surface area contributed by atoms with Gasteiger partial charge in [0.1, 0.15) is 6.04 Å². The monoisotopic (exact) mass is 424 g/mol. The van der Waals surface area contributed by atoms with Crippen molar-refractivity contribution in [3.63, 3.8) is 0 Å². The fourth-order valence-corrected chi connectivity index (χ4v) is 3.83. The summed E-state index contributed by atoms with van der Waals surface area (Å²) in [5.74, 6) is 0.604. The summed E-state index contributed by atoms with van der Waals surface area (Å²) in [5.41, 5.74) is 1.86. The van der Waals surface area contributed by atoms with Gasteiger partial charge in [-0.2, -0.15) is 0 Å². The van der Waals surface area contributed by atoms with E-state index < -0.39 is 6.04 Å². The molecule has 0 aromatic heterocycles. The standard InChI is InChI=1S/C20H22Cl2N2O2S/c1-14(20(26)23-2)24(11-16-7-3-4-9-18(16)22)19(25)13-27-12-15-6-5-8-17(21)10-15/h3-10,14H,11-13H2,1-2H3,(H,23,26). The quantitative estimate of drug-likeness (QED) is 0.683. The molecule has 0 aliphatic rings. The third kappa shape index (κ3) is 6.45. The molecule has 1 unspecified atom stereocenters. The maximum Gasteiger partial charge on any atom is 0.242 e. The lowest BCUT2D eigenvalue weighted by Crippen LogP contribution is -2.47. The van der Waals surface area contributed by atoms with Crippen LogP contribution >= 0.6 is 35.0 Å². The van der Waals surface area contributed by atoms with Crippen molar-refractivity contribution in [2.24, 2.45) is 0 Å². The van der Waals surface area contributed by atoms with Crippen LogP contribution in [0.2, 0.25) is 10.0 Å². The molecule has 0 aliphatic heterocycles. The van der Waals surface area contributed by atoms with E-state index in [-0.39, 0.29) is 24.1 Å². The second-order valence-electron chi connectivity index (χ2n) is 6.03. The number of carbonyl (C=O) groups excluding carboxylic acids is 2. The second kappa shape index (κ2) is 10.6. The zero-order valence-corrected chi connectivity index (χ0v) is 17.6. The van der Waals surface area contributed by atoms with E-state index in [4.69, 9.17) is 23.2 Å². The van der Waals surface area contributed by atoms with Crippen LogP contribution in [0.25, 0.3) is 0 Å². The molecule has 0 heterocycles. The van der Waals surface area contributed by atoms with Crippen LogP contribution in [0.4, 0.5) is 0 Å². The number of hydrogen-bond acceptors (Lipinski definition) is 3. The Hall–Kier alpha value is -1.69. The minimum atomic E-state index is -0.592. The van der Waals surface area contributed by atoms with Gasteiger partial charge in [0.25, 0.3) is 0 Å². The molecule has 0 bridgehead atoms. The molecule has 1 atom stereocenters. The Morgan fingerprint density at radius 1 is 1.15 bits per heavy atom. The van der Waals surface area contributed by atoms with Gasteiger partial charge in [-0.3, -0.25) is 9.59 Å². The van der Waals surface area contributed by atoms with Gasteiger partial charge >= 0.3 is 0 Å². The van der Waals surface area contributed by atoms with Gasteiger partial charge in [-0.05, 0) is 36.2 Å². The number of thioether (sulfide) groups is 1. The molecule has 0 saturated heterocycles. The molecule has 0 aliphatic carbocycles. The van der Waals surface area contributed by atoms with Crippen molar-refractivity contribution in [2.45, 2.75) is 25.3 Å². The first-order chi connectivity index (χ1) is 12.9. The van der Waals surface area contributed by atoms with Crippen LogP contribution in [0, 0.1) is 0 Å². The van der Waals surface area contributed by atoms with Crippen LogP contribution < -0.4 is 5.32 Å². The van der Waals surface area contributed by atoms with Gasteiger partial charge in [-0.15, -0.1) is 11.8 Å². The van der Waals surface area contributed by atoms with Crippen LogP contribution in [-0.2, 0) is 21.9 Å². The molecule has 144 valence electrons. The largest absolute Gasteiger partial charge is 0.357 e. The highest BCUT2D eigenvalue weighted by Gasteiger charge is 2.25. The van der Waals surface area contributed by atoms with Crippen molar-refractivity contribution in [2.75, 3.05) is 12.8 Å². The van der Waals surface area contributed by atoms with E-state index in [1.807, 2.05) is 42.5 Å². The molecule has 27 heavy (non-hydrogen) atoms. The van der Waals surface area contributed by atoms with Gasteiger partial charge in [0.15, 0.2) is 0 Å². The number of nitrogens with one attached hydrogen (secondary N) is 1. The highest BCUT2D eigenvalue weighted by atomic mass is 35.5. The smallest absolute Gasteiger partial charge is 0.242 e. The van der Waals surface area contributed by atoms with Gasteiger partial charge in [-0.1, -0.05) is 53.5 Å². The maximum atomic E-state index is 12.8. The average Bonchev–Trinajstić information content (AvgIpc) is 2.66. The number of halogens is 2. The summed E-state index contributed by atoms with van der Waals surface area (Å²) in [7, 11) is 1.56. The zero-order valence-electron chi connectivity index (χ0n) is 15.2. The van der Waals surface area contributed by atoms with Crippen LogP contribution in [0.15, 0.2) is 48.5 Å². The van der Waals surface area contributed by atoms with Crippen molar-refractivity contribution in [3.05, 3.63) is 69.7 Å². The molecule has 7 heteroatoms. The first kappa shape index (κ1) is 21.6. The topological polar surface area (TPSA) is 49.4 Å². The molecule has 0 radical (unpaired) electrons.